The van der Waals surface area contributed by atoms with Crippen LogP contribution in [0.5, 0.6) is 0 Å². The number of carbonyl (C=O) groups excluding carboxylic acids is 2. The van der Waals surface area contributed by atoms with Crippen LogP contribution in [0.1, 0.15) is 47.5 Å². The molecule has 1 fully saturated rings. The monoisotopic (exact) mass is 614 g/mol. The number of hydrogen-bond donors (Lipinski definition) is 5. The van der Waals surface area contributed by atoms with E-state index in [0.29, 0.717) is 33.4 Å². The first-order valence-corrected chi connectivity index (χ1v) is 16.1. The molecule has 0 aliphatic carbocycles. The van der Waals surface area contributed by atoms with Gasteiger partial charge in [-0.05, 0) is 90.4 Å². The van der Waals surface area contributed by atoms with E-state index in [4.69, 9.17) is 4.74 Å². The molecule has 1 unspecified atom stereocenters. The van der Waals surface area contributed by atoms with Crippen molar-refractivity contribution >= 4 is 44.9 Å². The quantitative estimate of drug-likeness (QED) is 0.217. The minimum absolute atomic E-state index is 0.0334. The van der Waals surface area contributed by atoms with Gasteiger partial charge in [-0.1, -0.05) is 6.07 Å². The fourth-order valence-corrected chi connectivity index (χ4v) is 7.09. The molecular weight excluding hydrogens is 576 g/mol. The first kappa shape index (κ1) is 31.4. The number of thiazole rings is 1. The van der Waals surface area contributed by atoms with Gasteiger partial charge in [-0.3, -0.25) is 5.32 Å². The lowest BCUT2D eigenvalue weighted by Gasteiger charge is -2.22. The van der Waals surface area contributed by atoms with Crippen molar-refractivity contribution in [2.45, 2.75) is 70.0 Å². The number of amides is 3. The van der Waals surface area contributed by atoms with Crippen molar-refractivity contribution < 1.29 is 22.7 Å². The molecule has 1 aliphatic heterocycles. The Balaban J connectivity index is 1.57. The minimum atomic E-state index is -3.97. The van der Waals surface area contributed by atoms with Crippen molar-refractivity contribution in [3.8, 4) is 21.0 Å². The Morgan fingerprint density at radius 2 is 1.81 bits per heavy atom. The summed E-state index contributed by atoms with van der Waals surface area (Å²) in [6.45, 7) is 10.3. The third kappa shape index (κ3) is 8.74. The van der Waals surface area contributed by atoms with E-state index in [1.165, 1.54) is 17.4 Å². The normalized spacial score (nSPS) is 15.4. The molecule has 4 rings (SSSR count). The average Bonchev–Trinajstić information content (AvgIpc) is 3.59. The van der Waals surface area contributed by atoms with E-state index in [9.17, 15) is 18.0 Å². The molecule has 226 valence electrons. The van der Waals surface area contributed by atoms with E-state index >= 15 is 0 Å². The van der Waals surface area contributed by atoms with Gasteiger partial charge in [0.05, 0.1) is 15.9 Å². The van der Waals surface area contributed by atoms with Crippen LogP contribution in [0, 0.1) is 0 Å². The molecule has 1 aromatic heterocycles. The van der Waals surface area contributed by atoms with Crippen LogP contribution in [0.25, 0.3) is 21.0 Å². The van der Waals surface area contributed by atoms with Gasteiger partial charge in [-0.2, -0.15) is 0 Å². The number of nitrogens with zero attached hydrogens (tertiary/aromatic N) is 1. The van der Waals surface area contributed by atoms with Crippen LogP contribution < -0.4 is 26.0 Å². The van der Waals surface area contributed by atoms with E-state index in [1.54, 1.807) is 65.1 Å². The lowest BCUT2D eigenvalue weighted by atomic mass is 10.1. The summed E-state index contributed by atoms with van der Waals surface area (Å²) in [5, 5.41) is 12.3. The largest absolute Gasteiger partial charge is 0.447 e. The number of aromatic nitrogens is 1. The number of nitrogens with one attached hydrogen (secondary N) is 5. The Hall–Kier alpha value is -3.52. The zero-order chi connectivity index (χ0) is 30.5. The third-order valence-electron chi connectivity index (χ3n) is 6.13. The highest BCUT2D eigenvalue weighted by Gasteiger charge is 2.27. The number of sulfonamides is 1. The topological polar surface area (TPSA) is 151 Å². The highest BCUT2D eigenvalue weighted by Crippen LogP contribution is 2.37. The number of carbonyl (C=O) groups is 2. The Labute approximate surface area is 250 Å². The molecule has 0 radical (unpaired) electrons. The number of ether oxygens (including phenoxy) is 1. The predicted octanol–water partition coefficient (Wildman–Crippen LogP) is 5.38. The summed E-state index contributed by atoms with van der Waals surface area (Å²) in [7, 11) is -3.97. The van der Waals surface area contributed by atoms with Crippen LogP contribution in [0.2, 0.25) is 0 Å². The molecule has 1 atom stereocenters. The van der Waals surface area contributed by atoms with E-state index in [1.807, 2.05) is 12.1 Å². The van der Waals surface area contributed by atoms with Gasteiger partial charge in [0.2, 0.25) is 10.0 Å². The van der Waals surface area contributed by atoms with Gasteiger partial charge in [0, 0.05) is 46.8 Å². The molecule has 11 nitrogen and oxygen atoms in total. The molecule has 3 aromatic rings. The van der Waals surface area contributed by atoms with E-state index in [2.05, 4.69) is 31.0 Å². The average molecular weight is 615 g/mol. The molecule has 2 heterocycles. The third-order valence-corrected chi connectivity index (χ3v) is 9.01. The van der Waals surface area contributed by atoms with Gasteiger partial charge >= 0.3 is 12.1 Å². The Bertz CT molecular complexity index is 1510. The highest BCUT2D eigenvalue weighted by molar-refractivity contribution is 7.89. The van der Waals surface area contributed by atoms with Gasteiger partial charge < -0.3 is 20.7 Å². The van der Waals surface area contributed by atoms with Crippen molar-refractivity contribution in [1.29, 1.82) is 0 Å². The number of rotatable bonds is 9. The maximum atomic E-state index is 13.5. The number of benzene rings is 2. The molecule has 3 amide bonds. The van der Waals surface area contributed by atoms with Gasteiger partial charge in [-0.25, -0.2) is 27.7 Å². The molecular formula is C29H38N6O5S2. The molecule has 2 aromatic carbocycles. The van der Waals surface area contributed by atoms with Crippen LogP contribution in [0.3, 0.4) is 0 Å². The van der Waals surface area contributed by atoms with E-state index in [-0.39, 0.29) is 17.0 Å². The first-order valence-electron chi connectivity index (χ1n) is 13.8. The second kappa shape index (κ2) is 13.2. The summed E-state index contributed by atoms with van der Waals surface area (Å²) in [6, 6.07) is 11.8. The minimum Gasteiger partial charge on any atom is -0.447 e. The molecule has 0 saturated carbocycles. The highest BCUT2D eigenvalue weighted by atomic mass is 32.2. The lowest BCUT2D eigenvalue weighted by Crippen LogP contribution is -2.40. The summed E-state index contributed by atoms with van der Waals surface area (Å²) < 4.78 is 34.9. The lowest BCUT2D eigenvalue weighted by molar-refractivity contribution is 0.130. The predicted molar refractivity (Wildman–Crippen MR) is 166 cm³/mol. The first-order chi connectivity index (χ1) is 19.8. The molecule has 0 spiro atoms. The summed E-state index contributed by atoms with van der Waals surface area (Å²) >= 11 is 1.34. The van der Waals surface area contributed by atoms with Gasteiger partial charge in [0.25, 0.3) is 0 Å². The van der Waals surface area contributed by atoms with Crippen LogP contribution in [0.4, 0.5) is 21.0 Å². The van der Waals surface area contributed by atoms with Crippen LogP contribution in [-0.2, 0) is 14.8 Å². The standard InChI is InChI=1S/C29H38N6O5S2/c1-18(2)40-28(37)34-20-10-8-19(9-11-20)26-31-17-24(41-26)23-13-12-21(15-25(23)42(38,39)35-29(3,4)5)33-27(36)32-16-22-7-6-14-30-22/h8-13,15,17-18,22,30,35H,6-7,14,16H2,1-5H3,(H,34,37)(H2,32,33,36). The molecule has 1 saturated heterocycles. The Morgan fingerprint density at radius 1 is 1.10 bits per heavy atom. The molecule has 5 N–H and O–H groups in total. The fraction of sp³-hybridized carbons (Fsp3) is 0.414. The van der Waals surface area contributed by atoms with Crippen molar-refractivity contribution in [3.63, 3.8) is 0 Å². The zero-order valence-corrected chi connectivity index (χ0v) is 26.0. The molecule has 1 aliphatic rings. The maximum absolute atomic E-state index is 13.5. The van der Waals surface area contributed by atoms with E-state index in [0.717, 1.165) is 24.9 Å². The number of urea groups is 1. The van der Waals surface area contributed by atoms with Gasteiger partial charge in [-0.15, -0.1) is 11.3 Å². The number of hydrogen-bond acceptors (Lipinski definition) is 8. The fourth-order valence-electron chi connectivity index (χ4n) is 4.40. The van der Waals surface area contributed by atoms with Gasteiger partial charge in [0.15, 0.2) is 0 Å². The molecule has 0 bridgehead atoms. The number of anilines is 2. The van der Waals surface area contributed by atoms with Crippen LogP contribution in [0.15, 0.2) is 53.6 Å². The second-order valence-corrected chi connectivity index (χ2v) is 14.1. The van der Waals surface area contributed by atoms with Crippen LogP contribution >= 0.6 is 11.3 Å². The van der Waals surface area contributed by atoms with Crippen LogP contribution in [-0.4, -0.2) is 56.3 Å². The summed E-state index contributed by atoms with van der Waals surface area (Å²) in [4.78, 5) is 29.6. The van der Waals surface area contributed by atoms with Crippen molar-refractivity contribution in [1.82, 2.24) is 20.3 Å². The Morgan fingerprint density at radius 3 is 2.45 bits per heavy atom. The summed E-state index contributed by atoms with van der Waals surface area (Å²) in [6.07, 6.45) is 2.94. The summed E-state index contributed by atoms with van der Waals surface area (Å²) in [5.41, 5.74) is 1.48. The van der Waals surface area contributed by atoms with Crippen molar-refractivity contribution in [3.05, 3.63) is 48.7 Å². The van der Waals surface area contributed by atoms with E-state index < -0.39 is 27.7 Å². The van der Waals surface area contributed by atoms with Gasteiger partial charge in [0.1, 0.15) is 5.01 Å². The zero-order valence-electron chi connectivity index (χ0n) is 24.4. The summed E-state index contributed by atoms with van der Waals surface area (Å²) in [5.74, 6) is 0. The second-order valence-electron chi connectivity index (χ2n) is 11.4. The smallest absolute Gasteiger partial charge is 0.411 e. The van der Waals surface area contributed by atoms with Crippen molar-refractivity contribution in [2.24, 2.45) is 0 Å². The maximum Gasteiger partial charge on any atom is 0.411 e. The Kier molecular flexibility index (Phi) is 9.87. The molecule has 13 heteroatoms. The molecule has 42 heavy (non-hydrogen) atoms. The van der Waals surface area contributed by atoms with Crippen molar-refractivity contribution in [2.75, 3.05) is 23.7 Å². The SMILES string of the molecule is CC(C)OC(=O)Nc1ccc(-c2ncc(-c3ccc(NC(=O)NCC4CCCN4)cc3S(=O)(=O)NC(C)(C)C)s2)cc1.